The van der Waals surface area contributed by atoms with Gasteiger partial charge in [0.05, 0.1) is 0 Å². The SMILES string of the molecule is CCc1cc[c]c(C)c1. The Labute approximate surface area is 56.5 Å². The van der Waals surface area contributed by atoms with Crippen LogP contribution in [0.1, 0.15) is 18.1 Å². The van der Waals surface area contributed by atoms with Crippen molar-refractivity contribution >= 4 is 0 Å². The molecule has 0 aliphatic rings. The summed E-state index contributed by atoms with van der Waals surface area (Å²) in [5.74, 6) is 0. The summed E-state index contributed by atoms with van der Waals surface area (Å²) in [6, 6.07) is 9.36. The largest absolute Gasteiger partial charge is 0.0613 e. The molecule has 0 heterocycles. The molecule has 1 aromatic carbocycles. The molecule has 0 heteroatoms. The summed E-state index contributed by atoms with van der Waals surface area (Å²) >= 11 is 0. The molecule has 0 N–H and O–H groups in total. The second kappa shape index (κ2) is 2.67. The van der Waals surface area contributed by atoms with Gasteiger partial charge in [-0.3, -0.25) is 0 Å². The molecule has 0 saturated carbocycles. The van der Waals surface area contributed by atoms with Crippen molar-refractivity contribution in [1.82, 2.24) is 0 Å². The van der Waals surface area contributed by atoms with E-state index in [-0.39, 0.29) is 0 Å². The molecule has 0 saturated heterocycles. The lowest BCUT2D eigenvalue weighted by atomic mass is 10.1. The van der Waals surface area contributed by atoms with Crippen LogP contribution in [0.4, 0.5) is 0 Å². The van der Waals surface area contributed by atoms with Gasteiger partial charge in [-0.2, -0.15) is 0 Å². The Hall–Kier alpha value is -0.780. The van der Waals surface area contributed by atoms with E-state index >= 15 is 0 Å². The van der Waals surface area contributed by atoms with Gasteiger partial charge in [0.15, 0.2) is 0 Å². The van der Waals surface area contributed by atoms with Crippen molar-refractivity contribution in [2.24, 2.45) is 0 Å². The van der Waals surface area contributed by atoms with Crippen molar-refractivity contribution in [3.63, 3.8) is 0 Å². The van der Waals surface area contributed by atoms with Gasteiger partial charge in [0.25, 0.3) is 0 Å². The summed E-state index contributed by atoms with van der Waals surface area (Å²) in [5, 5.41) is 0. The Morgan fingerprint density at radius 3 is 2.78 bits per heavy atom. The minimum atomic E-state index is 1.12. The van der Waals surface area contributed by atoms with Crippen molar-refractivity contribution in [3.8, 4) is 0 Å². The number of hydrogen-bond donors (Lipinski definition) is 0. The maximum atomic E-state index is 3.11. The van der Waals surface area contributed by atoms with E-state index in [1.165, 1.54) is 11.1 Å². The van der Waals surface area contributed by atoms with E-state index < -0.39 is 0 Å². The fraction of sp³-hybridized carbons (Fsp3) is 0.333. The summed E-state index contributed by atoms with van der Waals surface area (Å²) < 4.78 is 0. The highest BCUT2D eigenvalue weighted by Crippen LogP contribution is 2.02. The Morgan fingerprint density at radius 2 is 2.33 bits per heavy atom. The minimum absolute atomic E-state index is 1.12. The summed E-state index contributed by atoms with van der Waals surface area (Å²) in [6.45, 7) is 4.23. The van der Waals surface area contributed by atoms with Gasteiger partial charge < -0.3 is 0 Å². The molecule has 0 aromatic heterocycles. The molecule has 0 aliphatic carbocycles. The number of rotatable bonds is 1. The first-order chi connectivity index (χ1) is 4.33. The first-order valence-corrected chi connectivity index (χ1v) is 3.30. The smallest absolute Gasteiger partial charge is 0.0152 e. The molecule has 0 aliphatic heterocycles. The summed E-state index contributed by atoms with van der Waals surface area (Å²) in [7, 11) is 0. The van der Waals surface area contributed by atoms with Crippen molar-refractivity contribution in [2.45, 2.75) is 20.3 Å². The Kier molecular flexibility index (Phi) is 1.88. The summed E-state index contributed by atoms with van der Waals surface area (Å²) in [5.41, 5.74) is 2.63. The van der Waals surface area contributed by atoms with E-state index in [1.54, 1.807) is 0 Å². The highest BCUT2D eigenvalue weighted by Gasteiger charge is 1.86. The maximum Gasteiger partial charge on any atom is -0.0152 e. The molecular weight excluding hydrogens is 108 g/mol. The fourth-order valence-corrected chi connectivity index (χ4v) is 0.868. The zero-order valence-corrected chi connectivity index (χ0v) is 5.94. The van der Waals surface area contributed by atoms with Gasteiger partial charge in [-0.1, -0.05) is 25.1 Å². The van der Waals surface area contributed by atoms with Crippen LogP contribution in [-0.2, 0) is 6.42 Å². The molecule has 0 unspecified atom stereocenters. The van der Waals surface area contributed by atoms with Crippen molar-refractivity contribution in [1.29, 1.82) is 0 Å². The predicted octanol–water partition coefficient (Wildman–Crippen LogP) is 2.36. The van der Waals surface area contributed by atoms with Crippen molar-refractivity contribution in [3.05, 3.63) is 35.4 Å². The third-order valence-corrected chi connectivity index (χ3v) is 1.42. The van der Waals surface area contributed by atoms with Crippen LogP contribution in [0.15, 0.2) is 18.2 Å². The first-order valence-electron chi connectivity index (χ1n) is 3.30. The quantitative estimate of drug-likeness (QED) is 0.532. The van der Waals surface area contributed by atoms with Crippen LogP contribution < -0.4 is 0 Å². The minimum Gasteiger partial charge on any atom is -0.0613 e. The van der Waals surface area contributed by atoms with Gasteiger partial charge in [0, 0.05) is 0 Å². The third kappa shape index (κ3) is 1.56. The van der Waals surface area contributed by atoms with E-state index in [1.807, 2.05) is 6.07 Å². The van der Waals surface area contributed by atoms with Crippen LogP contribution in [0.2, 0.25) is 0 Å². The Balaban J connectivity index is 2.94. The maximum absolute atomic E-state index is 3.11. The van der Waals surface area contributed by atoms with Gasteiger partial charge in [0.2, 0.25) is 0 Å². The normalized spacial score (nSPS) is 9.56. The Bertz CT molecular complexity index is 189. The van der Waals surface area contributed by atoms with E-state index in [0.29, 0.717) is 0 Å². The van der Waals surface area contributed by atoms with E-state index in [2.05, 4.69) is 32.0 Å². The molecule has 1 radical (unpaired) electrons. The Morgan fingerprint density at radius 1 is 1.56 bits per heavy atom. The van der Waals surface area contributed by atoms with Crippen LogP contribution >= 0.6 is 0 Å². The molecule has 0 spiro atoms. The molecule has 0 nitrogen and oxygen atoms in total. The summed E-state index contributed by atoms with van der Waals surface area (Å²) in [6.07, 6.45) is 1.12. The molecular formula is C9H11. The van der Waals surface area contributed by atoms with Crippen LogP contribution in [-0.4, -0.2) is 0 Å². The molecule has 47 valence electrons. The number of hydrogen-bond acceptors (Lipinski definition) is 0. The highest BCUT2D eigenvalue weighted by molar-refractivity contribution is 5.20. The molecule has 0 atom stereocenters. The highest BCUT2D eigenvalue weighted by atomic mass is 13.9. The third-order valence-electron chi connectivity index (χ3n) is 1.42. The lowest BCUT2D eigenvalue weighted by Gasteiger charge is -1.94. The topological polar surface area (TPSA) is 0 Å². The average Bonchev–Trinajstić information content (AvgIpc) is 1.88. The van der Waals surface area contributed by atoms with E-state index in [0.717, 1.165) is 6.42 Å². The van der Waals surface area contributed by atoms with E-state index in [4.69, 9.17) is 0 Å². The zero-order valence-electron chi connectivity index (χ0n) is 5.94. The number of benzene rings is 1. The number of aryl methyl sites for hydroxylation is 2. The van der Waals surface area contributed by atoms with Gasteiger partial charge in [-0.15, -0.1) is 0 Å². The second-order valence-electron chi connectivity index (χ2n) is 2.23. The molecule has 0 bridgehead atoms. The molecule has 1 rings (SSSR count). The van der Waals surface area contributed by atoms with Crippen LogP contribution in [0, 0.1) is 13.0 Å². The van der Waals surface area contributed by atoms with E-state index in [9.17, 15) is 0 Å². The lowest BCUT2D eigenvalue weighted by molar-refractivity contribution is 1.13. The molecule has 0 amide bonds. The standard InChI is InChI=1S/C9H11/c1-3-9-6-4-5-8(2)7-9/h4,6-7H,3H2,1-2H3. The second-order valence-corrected chi connectivity index (χ2v) is 2.23. The molecule has 9 heavy (non-hydrogen) atoms. The van der Waals surface area contributed by atoms with Crippen LogP contribution in [0.5, 0.6) is 0 Å². The zero-order chi connectivity index (χ0) is 6.69. The molecule has 1 aromatic rings. The van der Waals surface area contributed by atoms with Crippen LogP contribution in [0.25, 0.3) is 0 Å². The lowest BCUT2D eigenvalue weighted by Crippen LogP contribution is -1.79. The van der Waals surface area contributed by atoms with Crippen LogP contribution in [0.3, 0.4) is 0 Å². The van der Waals surface area contributed by atoms with Gasteiger partial charge in [-0.25, -0.2) is 0 Å². The van der Waals surface area contributed by atoms with Crippen molar-refractivity contribution in [2.75, 3.05) is 0 Å². The average molecular weight is 119 g/mol. The van der Waals surface area contributed by atoms with Gasteiger partial charge in [-0.05, 0) is 30.5 Å². The predicted molar refractivity (Wildman–Crippen MR) is 39.4 cm³/mol. The molecule has 0 fully saturated rings. The monoisotopic (exact) mass is 119 g/mol. The summed E-state index contributed by atoms with van der Waals surface area (Å²) in [4.78, 5) is 0. The van der Waals surface area contributed by atoms with Gasteiger partial charge in [0.1, 0.15) is 0 Å². The van der Waals surface area contributed by atoms with Crippen molar-refractivity contribution < 1.29 is 0 Å². The fourth-order valence-electron chi connectivity index (χ4n) is 0.868. The van der Waals surface area contributed by atoms with Gasteiger partial charge >= 0.3 is 0 Å². The first kappa shape index (κ1) is 6.34.